The third-order valence-corrected chi connectivity index (χ3v) is 3.70. The molecule has 0 saturated carbocycles. The molecule has 0 bridgehead atoms. The molecule has 1 heterocycles. The van der Waals surface area contributed by atoms with E-state index in [1.807, 2.05) is 0 Å². The maximum absolute atomic E-state index is 9.73. The Labute approximate surface area is 113 Å². The van der Waals surface area contributed by atoms with Gasteiger partial charge in [-0.05, 0) is 51.3 Å². The lowest BCUT2D eigenvalue weighted by atomic mass is 10.00. The normalized spacial score (nSPS) is 24.7. The third kappa shape index (κ3) is 2.96. The molecule has 0 aromatic heterocycles. The molecule has 0 unspecified atom stereocenters. The second kappa shape index (κ2) is 5.61. The summed E-state index contributed by atoms with van der Waals surface area (Å²) in [6.45, 7) is 4.37. The number of rotatable bonds is 2. The zero-order valence-corrected chi connectivity index (χ0v) is 11.6. The second-order valence-electron chi connectivity index (χ2n) is 4.96. The van der Waals surface area contributed by atoms with Crippen molar-refractivity contribution in [3.05, 3.63) is 28.8 Å². The van der Waals surface area contributed by atoms with Gasteiger partial charge in [0.15, 0.2) is 0 Å². The Morgan fingerprint density at radius 3 is 2.67 bits per heavy atom. The Balaban J connectivity index is 2.16. The van der Waals surface area contributed by atoms with E-state index in [2.05, 4.69) is 24.0 Å². The molecule has 18 heavy (non-hydrogen) atoms. The van der Waals surface area contributed by atoms with E-state index in [4.69, 9.17) is 11.6 Å². The van der Waals surface area contributed by atoms with Crippen LogP contribution in [0.2, 0.25) is 5.02 Å². The Bertz CT molecular complexity index is 437. The minimum Gasteiger partial charge on any atom is -0.507 e. The fraction of sp³-hybridized carbons (Fsp3) is 0.500. The van der Waals surface area contributed by atoms with Crippen LogP contribution in [0.1, 0.15) is 38.7 Å². The average molecular weight is 267 g/mol. The van der Waals surface area contributed by atoms with Gasteiger partial charge in [0.1, 0.15) is 5.75 Å². The van der Waals surface area contributed by atoms with Crippen LogP contribution in [-0.4, -0.2) is 28.4 Å². The first kappa shape index (κ1) is 13.2. The van der Waals surface area contributed by atoms with Crippen molar-refractivity contribution >= 4 is 17.8 Å². The minimum atomic E-state index is 0.209. The Kier molecular flexibility index (Phi) is 4.12. The molecule has 0 aliphatic carbocycles. The smallest absolute Gasteiger partial charge is 0.124 e. The molecule has 1 aromatic carbocycles. The predicted molar refractivity (Wildman–Crippen MR) is 75.3 cm³/mol. The van der Waals surface area contributed by atoms with Gasteiger partial charge in [-0.15, -0.1) is 0 Å². The van der Waals surface area contributed by atoms with E-state index in [1.54, 1.807) is 24.4 Å². The number of phenolic OH excluding ortho intramolecular Hbond substituents is 1. The van der Waals surface area contributed by atoms with E-state index in [0.29, 0.717) is 22.7 Å². The first-order chi connectivity index (χ1) is 8.58. The molecule has 1 fully saturated rings. The van der Waals surface area contributed by atoms with Gasteiger partial charge >= 0.3 is 0 Å². The van der Waals surface area contributed by atoms with E-state index in [9.17, 15) is 5.11 Å². The van der Waals surface area contributed by atoms with Gasteiger partial charge < -0.3 is 5.11 Å². The number of benzene rings is 1. The highest BCUT2D eigenvalue weighted by atomic mass is 35.5. The quantitative estimate of drug-likeness (QED) is 0.830. The monoisotopic (exact) mass is 266 g/mol. The van der Waals surface area contributed by atoms with E-state index in [-0.39, 0.29) is 5.75 Å². The molecular formula is C14H19ClN2O. The molecule has 3 nitrogen and oxygen atoms in total. The Morgan fingerprint density at radius 2 is 2.00 bits per heavy atom. The molecule has 0 radical (unpaired) electrons. The standard InChI is InChI=1S/C14H19ClN2O/c1-10-4-3-5-11(2)17(10)16-9-12-8-13(15)6-7-14(12)18/h6-11,18H,3-5H2,1-2H3/b16-9+/t10-,11-/m1/s1. The van der Waals surface area contributed by atoms with Gasteiger partial charge in [-0.3, -0.25) is 5.01 Å². The van der Waals surface area contributed by atoms with Gasteiger partial charge in [0.2, 0.25) is 0 Å². The zero-order chi connectivity index (χ0) is 13.1. The summed E-state index contributed by atoms with van der Waals surface area (Å²) in [6, 6.07) is 5.88. The molecule has 4 heteroatoms. The lowest BCUT2D eigenvalue weighted by molar-refractivity contribution is 0.109. The summed E-state index contributed by atoms with van der Waals surface area (Å²) < 4.78 is 0. The summed E-state index contributed by atoms with van der Waals surface area (Å²) in [5.41, 5.74) is 0.660. The van der Waals surface area contributed by atoms with Crippen molar-refractivity contribution in [3.63, 3.8) is 0 Å². The topological polar surface area (TPSA) is 35.8 Å². The van der Waals surface area contributed by atoms with Crippen LogP contribution >= 0.6 is 11.6 Å². The first-order valence-corrected chi connectivity index (χ1v) is 6.76. The minimum absolute atomic E-state index is 0.209. The summed E-state index contributed by atoms with van der Waals surface area (Å²) >= 11 is 5.91. The van der Waals surface area contributed by atoms with Crippen LogP contribution in [0.4, 0.5) is 0 Å². The molecule has 1 aliphatic heterocycles. The van der Waals surface area contributed by atoms with E-state index in [1.165, 1.54) is 19.3 Å². The largest absolute Gasteiger partial charge is 0.507 e. The van der Waals surface area contributed by atoms with Crippen LogP contribution in [0.15, 0.2) is 23.3 Å². The molecule has 2 rings (SSSR count). The van der Waals surface area contributed by atoms with Crippen molar-refractivity contribution in [1.82, 2.24) is 5.01 Å². The van der Waals surface area contributed by atoms with Crippen LogP contribution in [0, 0.1) is 0 Å². The van der Waals surface area contributed by atoms with Crippen molar-refractivity contribution in [3.8, 4) is 5.75 Å². The summed E-state index contributed by atoms with van der Waals surface area (Å²) in [5.74, 6) is 0.209. The second-order valence-corrected chi connectivity index (χ2v) is 5.39. The molecule has 0 amide bonds. The molecule has 1 saturated heterocycles. The van der Waals surface area contributed by atoms with Gasteiger partial charge in [-0.1, -0.05) is 11.6 Å². The highest BCUT2D eigenvalue weighted by molar-refractivity contribution is 6.30. The maximum Gasteiger partial charge on any atom is 0.124 e. The Morgan fingerprint density at radius 1 is 1.33 bits per heavy atom. The highest BCUT2D eigenvalue weighted by Gasteiger charge is 2.22. The highest BCUT2D eigenvalue weighted by Crippen LogP contribution is 2.24. The van der Waals surface area contributed by atoms with Gasteiger partial charge in [-0.2, -0.15) is 5.10 Å². The van der Waals surface area contributed by atoms with Crippen LogP contribution in [-0.2, 0) is 0 Å². The molecular weight excluding hydrogens is 248 g/mol. The number of hydrogen-bond acceptors (Lipinski definition) is 3. The van der Waals surface area contributed by atoms with Crippen molar-refractivity contribution in [2.75, 3.05) is 0 Å². The molecule has 1 aliphatic rings. The average Bonchev–Trinajstić information content (AvgIpc) is 2.33. The maximum atomic E-state index is 9.73. The number of hydrazone groups is 1. The van der Waals surface area contributed by atoms with Crippen LogP contribution in [0.25, 0.3) is 0 Å². The number of hydrogen-bond donors (Lipinski definition) is 1. The third-order valence-electron chi connectivity index (χ3n) is 3.47. The molecule has 2 atom stereocenters. The van der Waals surface area contributed by atoms with E-state index in [0.717, 1.165) is 0 Å². The Hall–Kier alpha value is -1.22. The van der Waals surface area contributed by atoms with Gasteiger partial charge in [0, 0.05) is 22.7 Å². The van der Waals surface area contributed by atoms with Crippen molar-refractivity contribution in [2.24, 2.45) is 5.10 Å². The number of halogens is 1. The molecule has 1 N–H and O–H groups in total. The number of piperidine rings is 1. The lowest BCUT2D eigenvalue weighted by Crippen LogP contribution is -2.39. The van der Waals surface area contributed by atoms with E-state index >= 15 is 0 Å². The van der Waals surface area contributed by atoms with Gasteiger partial charge in [0.05, 0.1) is 6.21 Å². The van der Waals surface area contributed by atoms with Crippen molar-refractivity contribution in [1.29, 1.82) is 0 Å². The summed E-state index contributed by atoms with van der Waals surface area (Å²) in [7, 11) is 0. The SMILES string of the molecule is C[C@@H]1CCC[C@@H](C)N1/N=C/c1cc(Cl)ccc1O. The molecule has 1 aromatic rings. The van der Waals surface area contributed by atoms with Gasteiger partial charge in [0.25, 0.3) is 0 Å². The zero-order valence-electron chi connectivity index (χ0n) is 10.8. The van der Waals surface area contributed by atoms with E-state index < -0.39 is 0 Å². The number of phenols is 1. The fourth-order valence-corrected chi connectivity index (χ4v) is 2.57. The lowest BCUT2D eigenvalue weighted by Gasteiger charge is -2.36. The fourth-order valence-electron chi connectivity index (χ4n) is 2.39. The van der Waals surface area contributed by atoms with Crippen LogP contribution < -0.4 is 0 Å². The van der Waals surface area contributed by atoms with Crippen LogP contribution in [0.5, 0.6) is 5.75 Å². The summed E-state index contributed by atoms with van der Waals surface area (Å²) in [4.78, 5) is 0. The van der Waals surface area contributed by atoms with Crippen LogP contribution in [0.3, 0.4) is 0 Å². The summed E-state index contributed by atoms with van der Waals surface area (Å²) in [5, 5.41) is 17.0. The number of nitrogens with zero attached hydrogens (tertiary/aromatic N) is 2. The number of aromatic hydroxyl groups is 1. The molecule has 98 valence electrons. The van der Waals surface area contributed by atoms with Crippen molar-refractivity contribution in [2.45, 2.75) is 45.2 Å². The summed E-state index contributed by atoms with van der Waals surface area (Å²) in [6.07, 6.45) is 5.29. The van der Waals surface area contributed by atoms with Crippen molar-refractivity contribution < 1.29 is 5.11 Å². The molecule has 0 spiro atoms. The first-order valence-electron chi connectivity index (χ1n) is 6.39. The predicted octanol–water partition coefficient (Wildman–Crippen LogP) is 3.64. The van der Waals surface area contributed by atoms with Gasteiger partial charge in [-0.25, -0.2) is 0 Å².